The molecule has 22 heavy (non-hydrogen) atoms. The molecular formula is C13H10ClF2N5O. The maximum Gasteiger partial charge on any atom is 0.255 e. The third kappa shape index (κ3) is 2.93. The summed E-state index contributed by atoms with van der Waals surface area (Å²) in [6.07, 6.45) is 4.29. The van der Waals surface area contributed by atoms with Crippen molar-refractivity contribution in [2.24, 2.45) is 5.84 Å². The average molecular weight is 326 g/mol. The molecule has 0 fully saturated rings. The Bertz CT molecular complexity index is 742. The Morgan fingerprint density at radius 3 is 2.64 bits per heavy atom. The van der Waals surface area contributed by atoms with Gasteiger partial charge in [0.1, 0.15) is 5.75 Å². The van der Waals surface area contributed by atoms with Crippen LogP contribution in [0, 0.1) is 11.6 Å². The van der Waals surface area contributed by atoms with Crippen LogP contribution in [-0.2, 0) is 0 Å². The maximum absolute atomic E-state index is 14.1. The molecule has 114 valence electrons. The van der Waals surface area contributed by atoms with Gasteiger partial charge in [-0.15, -0.1) is 5.53 Å². The van der Waals surface area contributed by atoms with Gasteiger partial charge >= 0.3 is 0 Å². The molecule has 0 unspecified atom stereocenters. The minimum atomic E-state index is -0.736. The van der Waals surface area contributed by atoms with Crippen LogP contribution in [0.3, 0.4) is 0 Å². The second kappa shape index (κ2) is 5.76. The van der Waals surface area contributed by atoms with E-state index in [2.05, 4.69) is 10.5 Å². The molecule has 1 aliphatic rings. The van der Waals surface area contributed by atoms with Crippen LogP contribution in [0.2, 0.25) is 5.02 Å². The highest BCUT2D eigenvalue weighted by atomic mass is 35.5. The van der Waals surface area contributed by atoms with Crippen LogP contribution < -0.4 is 21.1 Å². The largest absolute Gasteiger partial charge is 0.436 e. The zero-order chi connectivity index (χ0) is 15.7. The third-order valence-electron chi connectivity index (χ3n) is 2.77. The van der Waals surface area contributed by atoms with E-state index < -0.39 is 11.6 Å². The van der Waals surface area contributed by atoms with Gasteiger partial charge in [0.25, 0.3) is 5.88 Å². The molecule has 0 saturated heterocycles. The number of rotatable bonds is 3. The number of aromatic nitrogens is 1. The number of anilines is 1. The Morgan fingerprint density at radius 1 is 1.18 bits per heavy atom. The first-order chi connectivity index (χ1) is 10.5. The Morgan fingerprint density at radius 2 is 2.00 bits per heavy atom. The molecule has 0 aliphatic carbocycles. The van der Waals surface area contributed by atoms with Gasteiger partial charge in [0, 0.05) is 18.5 Å². The summed E-state index contributed by atoms with van der Waals surface area (Å²) in [6.45, 7) is 0. The quantitative estimate of drug-likeness (QED) is 0.846. The molecule has 0 saturated carbocycles. The number of benzene rings is 1. The predicted molar refractivity (Wildman–Crippen MR) is 76.5 cm³/mol. The Balaban J connectivity index is 1.81. The number of ether oxygens (including phenoxy) is 1. The summed E-state index contributed by atoms with van der Waals surface area (Å²) in [5.74, 6) is 3.95. The third-order valence-corrected chi connectivity index (χ3v) is 2.97. The fourth-order valence-corrected chi connectivity index (χ4v) is 1.94. The lowest BCUT2D eigenvalue weighted by atomic mass is 10.3. The molecule has 9 heteroatoms. The van der Waals surface area contributed by atoms with Gasteiger partial charge in [-0.05, 0) is 18.2 Å². The van der Waals surface area contributed by atoms with Gasteiger partial charge in [-0.3, -0.25) is 5.01 Å². The van der Waals surface area contributed by atoms with Crippen molar-refractivity contribution in [3.63, 3.8) is 0 Å². The van der Waals surface area contributed by atoms with E-state index in [1.54, 1.807) is 6.20 Å². The molecule has 6 nitrogen and oxygen atoms in total. The topological polar surface area (TPSA) is 66.7 Å². The lowest BCUT2D eigenvalue weighted by Crippen LogP contribution is -2.43. The molecule has 0 radical (unpaired) electrons. The van der Waals surface area contributed by atoms with Crippen LogP contribution in [0.25, 0.3) is 0 Å². The van der Waals surface area contributed by atoms with Crippen molar-refractivity contribution in [3.8, 4) is 11.6 Å². The SMILES string of the molecule is NN1C=CN(c2ccc(Oc3ncc(Cl)cc3F)cc2F)N1. The zero-order valence-corrected chi connectivity index (χ0v) is 11.8. The maximum atomic E-state index is 14.1. The normalized spacial score (nSPS) is 13.8. The summed E-state index contributed by atoms with van der Waals surface area (Å²) >= 11 is 5.60. The summed E-state index contributed by atoms with van der Waals surface area (Å²) in [6, 6.07) is 5.10. The van der Waals surface area contributed by atoms with Crippen LogP contribution >= 0.6 is 11.6 Å². The molecule has 1 aromatic heterocycles. The van der Waals surface area contributed by atoms with Gasteiger partial charge in [-0.2, -0.15) is 0 Å². The first kappa shape index (κ1) is 14.5. The number of pyridine rings is 1. The highest BCUT2D eigenvalue weighted by molar-refractivity contribution is 6.30. The molecule has 0 amide bonds. The second-order valence-corrected chi connectivity index (χ2v) is 4.77. The van der Waals surface area contributed by atoms with Crippen molar-refractivity contribution in [1.82, 2.24) is 15.6 Å². The van der Waals surface area contributed by atoms with Gasteiger partial charge in [0.05, 0.1) is 16.9 Å². The van der Waals surface area contributed by atoms with Gasteiger partial charge < -0.3 is 4.74 Å². The summed E-state index contributed by atoms with van der Waals surface area (Å²) in [5, 5.41) is 2.68. The molecule has 1 aliphatic heterocycles. The fourth-order valence-electron chi connectivity index (χ4n) is 1.80. The molecule has 3 rings (SSSR count). The zero-order valence-electron chi connectivity index (χ0n) is 11.0. The van der Waals surface area contributed by atoms with Crippen LogP contribution in [-0.4, -0.2) is 10.1 Å². The highest BCUT2D eigenvalue weighted by Gasteiger charge is 2.16. The van der Waals surface area contributed by atoms with Crippen molar-refractivity contribution < 1.29 is 13.5 Å². The number of hydrazine groups is 3. The molecule has 2 heterocycles. The first-order valence-electron chi connectivity index (χ1n) is 6.09. The van der Waals surface area contributed by atoms with E-state index in [4.69, 9.17) is 22.2 Å². The molecule has 2 aromatic rings. The van der Waals surface area contributed by atoms with Crippen molar-refractivity contribution in [2.45, 2.75) is 0 Å². The van der Waals surface area contributed by atoms with E-state index in [0.717, 1.165) is 17.3 Å². The molecule has 0 atom stereocenters. The summed E-state index contributed by atoms with van der Waals surface area (Å²) in [5.41, 5.74) is 2.88. The number of hydrogen-bond donors (Lipinski definition) is 2. The fraction of sp³-hybridized carbons (Fsp3) is 0. The monoisotopic (exact) mass is 325 g/mol. The lowest BCUT2D eigenvalue weighted by Gasteiger charge is -2.19. The van der Waals surface area contributed by atoms with Crippen molar-refractivity contribution >= 4 is 17.3 Å². The van der Waals surface area contributed by atoms with Gasteiger partial charge in [-0.1, -0.05) is 11.6 Å². The van der Waals surface area contributed by atoms with Crippen LogP contribution in [0.15, 0.2) is 42.9 Å². The van der Waals surface area contributed by atoms with Gasteiger partial charge in [0.15, 0.2) is 11.6 Å². The van der Waals surface area contributed by atoms with Crippen molar-refractivity contribution in [3.05, 3.63) is 59.5 Å². The lowest BCUT2D eigenvalue weighted by molar-refractivity contribution is 0.305. The minimum Gasteiger partial charge on any atom is -0.436 e. The van der Waals surface area contributed by atoms with E-state index in [-0.39, 0.29) is 22.3 Å². The molecule has 0 bridgehead atoms. The number of halogens is 3. The molecule has 1 aromatic carbocycles. The van der Waals surface area contributed by atoms with Crippen LogP contribution in [0.1, 0.15) is 0 Å². The standard InChI is InChI=1S/C13H10ClF2N5O/c14-8-5-11(16)13(18-7-8)22-9-1-2-12(10(15)6-9)20-3-4-21(17)19-20/h1-7,19H,17H2. The van der Waals surface area contributed by atoms with Crippen LogP contribution in [0.5, 0.6) is 11.6 Å². The Hall–Kier alpha value is -2.42. The molecule has 3 N–H and O–H groups in total. The molecule has 0 spiro atoms. The molecular weight excluding hydrogens is 316 g/mol. The van der Waals surface area contributed by atoms with E-state index in [9.17, 15) is 8.78 Å². The average Bonchev–Trinajstić information content (AvgIpc) is 2.88. The first-order valence-corrected chi connectivity index (χ1v) is 6.47. The predicted octanol–water partition coefficient (Wildman–Crippen LogP) is 2.69. The number of hydrogen-bond acceptors (Lipinski definition) is 6. The Labute approximate surface area is 129 Å². The van der Waals surface area contributed by atoms with Crippen LogP contribution in [0.4, 0.5) is 14.5 Å². The summed E-state index contributed by atoms with van der Waals surface area (Å²) in [4.78, 5) is 3.70. The minimum absolute atomic E-state index is 0.0998. The van der Waals surface area contributed by atoms with E-state index in [1.165, 1.54) is 29.5 Å². The van der Waals surface area contributed by atoms with Crippen molar-refractivity contribution in [1.29, 1.82) is 0 Å². The van der Waals surface area contributed by atoms with E-state index in [0.29, 0.717) is 0 Å². The summed E-state index contributed by atoms with van der Waals surface area (Å²) in [7, 11) is 0. The van der Waals surface area contributed by atoms with E-state index >= 15 is 0 Å². The van der Waals surface area contributed by atoms with E-state index in [1.807, 2.05) is 0 Å². The smallest absolute Gasteiger partial charge is 0.255 e. The number of nitrogens with one attached hydrogen (secondary N) is 1. The van der Waals surface area contributed by atoms with Gasteiger partial charge in [-0.25, -0.2) is 24.7 Å². The Kier molecular flexibility index (Phi) is 3.80. The second-order valence-electron chi connectivity index (χ2n) is 4.33. The summed E-state index contributed by atoms with van der Waals surface area (Å²) < 4.78 is 32.9. The highest BCUT2D eigenvalue weighted by Crippen LogP contribution is 2.28. The number of nitrogens with two attached hydrogens (primary N) is 1. The van der Waals surface area contributed by atoms with Gasteiger partial charge in [0.2, 0.25) is 0 Å². The number of nitrogens with zero attached hydrogens (tertiary/aromatic N) is 3. The van der Waals surface area contributed by atoms with Crippen molar-refractivity contribution in [2.75, 3.05) is 5.01 Å².